The Morgan fingerprint density at radius 2 is 2.20 bits per heavy atom. The number of hydrogen-bond acceptors (Lipinski definition) is 2. The standard InChI is InChI=1S/C12H19N3/c1-8-2-4-11-10(6-8)14-12-5-3-9(13)7-15(11)12/h8-9H,2-7,13H2,1H3. The van der Waals surface area contributed by atoms with Gasteiger partial charge in [0.2, 0.25) is 0 Å². The van der Waals surface area contributed by atoms with Gasteiger partial charge < -0.3 is 10.3 Å². The van der Waals surface area contributed by atoms with Crippen molar-refractivity contribution < 1.29 is 0 Å². The minimum Gasteiger partial charge on any atom is -0.330 e. The van der Waals surface area contributed by atoms with Gasteiger partial charge in [-0.25, -0.2) is 4.98 Å². The second-order valence-corrected chi connectivity index (χ2v) is 5.18. The van der Waals surface area contributed by atoms with Crippen molar-refractivity contribution in [1.82, 2.24) is 9.55 Å². The van der Waals surface area contributed by atoms with Crippen LogP contribution >= 0.6 is 0 Å². The molecular weight excluding hydrogens is 186 g/mol. The molecule has 2 atom stereocenters. The van der Waals surface area contributed by atoms with E-state index in [4.69, 9.17) is 10.7 Å². The Labute approximate surface area is 90.7 Å². The Balaban J connectivity index is 2.01. The maximum absolute atomic E-state index is 6.02. The summed E-state index contributed by atoms with van der Waals surface area (Å²) in [6.07, 6.45) is 5.86. The Morgan fingerprint density at radius 3 is 3.07 bits per heavy atom. The highest BCUT2D eigenvalue weighted by Crippen LogP contribution is 2.28. The summed E-state index contributed by atoms with van der Waals surface area (Å²) in [5.41, 5.74) is 8.86. The van der Waals surface area contributed by atoms with E-state index in [-0.39, 0.29) is 0 Å². The quantitative estimate of drug-likeness (QED) is 0.693. The topological polar surface area (TPSA) is 43.8 Å². The van der Waals surface area contributed by atoms with Crippen molar-refractivity contribution in [2.75, 3.05) is 0 Å². The lowest BCUT2D eigenvalue weighted by molar-refractivity contribution is 0.429. The van der Waals surface area contributed by atoms with Crippen LogP contribution in [-0.4, -0.2) is 15.6 Å². The Morgan fingerprint density at radius 1 is 1.33 bits per heavy atom. The Hall–Kier alpha value is -0.830. The fourth-order valence-corrected chi connectivity index (χ4v) is 2.90. The first-order valence-corrected chi connectivity index (χ1v) is 6.06. The lowest BCUT2D eigenvalue weighted by Gasteiger charge is -2.24. The molecule has 2 N–H and O–H groups in total. The maximum atomic E-state index is 6.02. The molecule has 1 aromatic rings. The first kappa shape index (κ1) is 9.40. The molecular formula is C12H19N3. The van der Waals surface area contributed by atoms with Gasteiger partial charge in [0.1, 0.15) is 5.82 Å². The predicted octanol–water partition coefficient (Wildman–Crippen LogP) is 1.28. The van der Waals surface area contributed by atoms with Crippen LogP contribution in [0, 0.1) is 5.92 Å². The highest BCUT2D eigenvalue weighted by Gasteiger charge is 2.26. The van der Waals surface area contributed by atoms with Gasteiger partial charge >= 0.3 is 0 Å². The summed E-state index contributed by atoms with van der Waals surface area (Å²) in [6.45, 7) is 3.32. The normalized spacial score (nSPS) is 29.7. The van der Waals surface area contributed by atoms with Crippen molar-refractivity contribution in [3.05, 3.63) is 17.2 Å². The molecule has 2 heterocycles. The minimum absolute atomic E-state index is 0.343. The molecule has 0 fully saturated rings. The second kappa shape index (κ2) is 3.34. The summed E-state index contributed by atoms with van der Waals surface area (Å²) in [7, 11) is 0. The van der Waals surface area contributed by atoms with E-state index in [1.165, 1.54) is 36.5 Å². The van der Waals surface area contributed by atoms with Crippen LogP contribution in [0.25, 0.3) is 0 Å². The van der Waals surface area contributed by atoms with Crippen LogP contribution in [0.4, 0.5) is 0 Å². The molecule has 15 heavy (non-hydrogen) atoms. The smallest absolute Gasteiger partial charge is 0.109 e. The molecule has 3 rings (SSSR count). The van der Waals surface area contributed by atoms with Crippen LogP contribution in [0.3, 0.4) is 0 Å². The van der Waals surface area contributed by atoms with Crippen LogP contribution in [0.15, 0.2) is 0 Å². The van der Waals surface area contributed by atoms with Crippen LogP contribution in [0.5, 0.6) is 0 Å². The van der Waals surface area contributed by atoms with Crippen molar-refractivity contribution in [2.24, 2.45) is 11.7 Å². The number of nitrogens with zero attached hydrogens (tertiary/aromatic N) is 2. The summed E-state index contributed by atoms with van der Waals surface area (Å²) in [6, 6.07) is 0.343. The average Bonchev–Trinajstić information content (AvgIpc) is 2.54. The van der Waals surface area contributed by atoms with Crippen molar-refractivity contribution in [2.45, 2.75) is 51.6 Å². The lowest BCUT2D eigenvalue weighted by atomic mass is 9.91. The van der Waals surface area contributed by atoms with E-state index in [0.717, 1.165) is 25.3 Å². The maximum Gasteiger partial charge on any atom is 0.109 e. The van der Waals surface area contributed by atoms with Crippen LogP contribution < -0.4 is 5.73 Å². The molecule has 0 radical (unpaired) electrons. The monoisotopic (exact) mass is 205 g/mol. The summed E-state index contributed by atoms with van der Waals surface area (Å²) >= 11 is 0. The summed E-state index contributed by atoms with van der Waals surface area (Å²) < 4.78 is 2.40. The molecule has 2 unspecified atom stereocenters. The molecule has 0 saturated carbocycles. The molecule has 2 aliphatic rings. The van der Waals surface area contributed by atoms with Gasteiger partial charge in [0.05, 0.1) is 5.69 Å². The fourth-order valence-electron chi connectivity index (χ4n) is 2.90. The van der Waals surface area contributed by atoms with E-state index in [0.29, 0.717) is 6.04 Å². The van der Waals surface area contributed by atoms with Gasteiger partial charge in [-0.05, 0) is 31.6 Å². The molecule has 82 valence electrons. The molecule has 0 bridgehead atoms. The van der Waals surface area contributed by atoms with Crippen molar-refractivity contribution in [3.8, 4) is 0 Å². The summed E-state index contributed by atoms with van der Waals surface area (Å²) in [5.74, 6) is 2.10. The first-order chi connectivity index (χ1) is 7.24. The SMILES string of the molecule is CC1CCc2c(nc3n2CC(N)CC3)C1. The van der Waals surface area contributed by atoms with Gasteiger partial charge in [-0.3, -0.25) is 0 Å². The number of hydrogen-bond donors (Lipinski definition) is 1. The first-order valence-electron chi connectivity index (χ1n) is 6.06. The molecule has 0 saturated heterocycles. The molecule has 0 aromatic carbocycles. The molecule has 3 heteroatoms. The Kier molecular flexibility index (Phi) is 2.09. The van der Waals surface area contributed by atoms with Gasteiger partial charge in [-0.1, -0.05) is 6.92 Å². The van der Waals surface area contributed by atoms with Crippen molar-refractivity contribution >= 4 is 0 Å². The van der Waals surface area contributed by atoms with Gasteiger partial charge in [0.15, 0.2) is 0 Å². The highest BCUT2D eigenvalue weighted by atomic mass is 15.1. The number of aryl methyl sites for hydroxylation is 1. The van der Waals surface area contributed by atoms with E-state index >= 15 is 0 Å². The van der Waals surface area contributed by atoms with E-state index in [1.807, 2.05) is 0 Å². The van der Waals surface area contributed by atoms with E-state index in [2.05, 4.69) is 11.5 Å². The van der Waals surface area contributed by atoms with Crippen molar-refractivity contribution in [3.63, 3.8) is 0 Å². The number of aromatic nitrogens is 2. The number of rotatable bonds is 0. The van der Waals surface area contributed by atoms with Gasteiger partial charge in [-0.15, -0.1) is 0 Å². The zero-order chi connectivity index (χ0) is 10.4. The van der Waals surface area contributed by atoms with Crippen LogP contribution in [0.1, 0.15) is 37.0 Å². The van der Waals surface area contributed by atoms with Gasteiger partial charge in [-0.2, -0.15) is 0 Å². The van der Waals surface area contributed by atoms with E-state index in [9.17, 15) is 0 Å². The van der Waals surface area contributed by atoms with E-state index < -0.39 is 0 Å². The highest BCUT2D eigenvalue weighted by molar-refractivity contribution is 5.22. The minimum atomic E-state index is 0.343. The van der Waals surface area contributed by atoms with Crippen LogP contribution in [0.2, 0.25) is 0 Å². The molecule has 1 aliphatic heterocycles. The van der Waals surface area contributed by atoms with Crippen molar-refractivity contribution in [1.29, 1.82) is 0 Å². The zero-order valence-corrected chi connectivity index (χ0v) is 9.37. The largest absolute Gasteiger partial charge is 0.330 e. The summed E-state index contributed by atoms with van der Waals surface area (Å²) in [5, 5.41) is 0. The van der Waals surface area contributed by atoms with Gasteiger partial charge in [0.25, 0.3) is 0 Å². The third-order valence-corrected chi connectivity index (χ3v) is 3.81. The number of fused-ring (bicyclic) bond motifs is 3. The molecule has 1 aliphatic carbocycles. The zero-order valence-electron chi connectivity index (χ0n) is 9.37. The van der Waals surface area contributed by atoms with E-state index in [1.54, 1.807) is 0 Å². The van der Waals surface area contributed by atoms with Gasteiger partial charge in [0, 0.05) is 24.7 Å². The lowest BCUT2D eigenvalue weighted by Crippen LogP contribution is -2.33. The third-order valence-electron chi connectivity index (χ3n) is 3.81. The molecule has 3 nitrogen and oxygen atoms in total. The molecule has 1 aromatic heterocycles. The molecule has 0 spiro atoms. The summed E-state index contributed by atoms with van der Waals surface area (Å²) in [4.78, 5) is 4.78. The average molecular weight is 205 g/mol. The Bertz CT molecular complexity index is 380. The second-order valence-electron chi connectivity index (χ2n) is 5.18. The fraction of sp³-hybridized carbons (Fsp3) is 0.750. The van der Waals surface area contributed by atoms with Crippen LogP contribution in [-0.2, 0) is 25.8 Å². The molecule has 0 amide bonds. The third kappa shape index (κ3) is 1.49. The number of imidazole rings is 1. The predicted molar refractivity (Wildman–Crippen MR) is 59.7 cm³/mol. The number of nitrogens with two attached hydrogens (primary N) is 1.